The number of unbranched alkanes of at least 4 members (excludes halogenated alkanes) is 11. The lowest BCUT2D eigenvalue weighted by Crippen LogP contribution is -2.25. The van der Waals surface area contributed by atoms with E-state index in [0.29, 0.717) is 12.8 Å². The molecule has 0 saturated carbocycles. The number of aliphatic hydroxyl groups is 2. The van der Waals surface area contributed by atoms with Gasteiger partial charge in [0.05, 0.1) is 12.2 Å². The summed E-state index contributed by atoms with van der Waals surface area (Å²) in [5.41, 5.74) is 0. The predicted molar refractivity (Wildman–Crippen MR) is 99.2 cm³/mol. The quantitative estimate of drug-likeness (QED) is 0.304. The smallest absolute Gasteiger partial charge is 0.303 e. The van der Waals surface area contributed by atoms with Gasteiger partial charge in [0.1, 0.15) is 0 Å². The minimum absolute atomic E-state index is 0.298. The zero-order chi connectivity index (χ0) is 18.0. The van der Waals surface area contributed by atoms with Crippen molar-refractivity contribution in [2.24, 2.45) is 0 Å². The summed E-state index contributed by atoms with van der Waals surface area (Å²) in [7, 11) is 0. The zero-order valence-electron chi connectivity index (χ0n) is 15.7. The third-order valence-electron chi connectivity index (χ3n) is 4.69. The molecule has 0 aromatic rings. The van der Waals surface area contributed by atoms with Gasteiger partial charge in [0.25, 0.3) is 0 Å². The number of rotatable bonds is 18. The third kappa shape index (κ3) is 16.3. The van der Waals surface area contributed by atoms with Gasteiger partial charge in [0.15, 0.2) is 0 Å². The molecule has 0 aliphatic rings. The van der Waals surface area contributed by atoms with Crippen LogP contribution in [0, 0.1) is 0 Å². The largest absolute Gasteiger partial charge is 0.481 e. The number of aliphatic hydroxyl groups excluding tert-OH is 2. The number of hydrogen-bond acceptors (Lipinski definition) is 3. The molecule has 0 aliphatic heterocycles. The van der Waals surface area contributed by atoms with Crippen LogP contribution in [0.3, 0.4) is 0 Å². The first-order valence-corrected chi connectivity index (χ1v) is 10.2. The number of carboxylic acid groups (broad SMARTS) is 1. The second kappa shape index (κ2) is 17.2. The summed E-state index contributed by atoms with van der Waals surface area (Å²) in [5, 5.41) is 28.4. The molecule has 4 heteroatoms. The first kappa shape index (κ1) is 23.4. The SMILES string of the molecule is CCCCCCC(O)C(O)CCCCCCCCCCCC(=O)O. The maximum absolute atomic E-state index is 10.4. The van der Waals surface area contributed by atoms with Crippen LogP contribution in [0.2, 0.25) is 0 Å². The van der Waals surface area contributed by atoms with E-state index in [1.807, 2.05) is 0 Å². The fraction of sp³-hybridized carbons (Fsp3) is 0.950. The number of carbonyl (C=O) groups is 1. The van der Waals surface area contributed by atoms with Crippen molar-refractivity contribution in [2.45, 2.75) is 122 Å². The lowest BCUT2D eigenvalue weighted by atomic mass is 10.00. The van der Waals surface area contributed by atoms with E-state index in [1.165, 1.54) is 38.5 Å². The molecule has 0 heterocycles. The van der Waals surface area contributed by atoms with Crippen LogP contribution in [0.5, 0.6) is 0 Å². The molecule has 24 heavy (non-hydrogen) atoms. The highest BCUT2D eigenvalue weighted by molar-refractivity contribution is 5.66. The average molecular weight is 345 g/mol. The summed E-state index contributed by atoms with van der Waals surface area (Å²) < 4.78 is 0. The fourth-order valence-electron chi connectivity index (χ4n) is 3.03. The molecule has 0 saturated heterocycles. The Morgan fingerprint density at radius 2 is 1.04 bits per heavy atom. The molecule has 0 aliphatic carbocycles. The second-order valence-electron chi connectivity index (χ2n) is 7.10. The predicted octanol–water partition coefficient (Wildman–Crippen LogP) is 5.05. The van der Waals surface area contributed by atoms with Gasteiger partial charge < -0.3 is 15.3 Å². The Kier molecular flexibility index (Phi) is 16.8. The van der Waals surface area contributed by atoms with E-state index in [-0.39, 0.29) is 0 Å². The molecule has 4 nitrogen and oxygen atoms in total. The Hall–Kier alpha value is -0.610. The molecule has 0 radical (unpaired) electrons. The van der Waals surface area contributed by atoms with Crippen LogP contribution >= 0.6 is 0 Å². The van der Waals surface area contributed by atoms with Crippen molar-refractivity contribution >= 4 is 5.97 Å². The second-order valence-corrected chi connectivity index (χ2v) is 7.10. The standard InChI is InChI=1S/C20H40O4/c1-2-3-4-12-15-18(21)19(22)16-13-10-8-6-5-7-9-11-14-17-20(23)24/h18-19,21-22H,2-17H2,1H3,(H,23,24). The fourth-order valence-corrected chi connectivity index (χ4v) is 3.03. The van der Waals surface area contributed by atoms with Crippen molar-refractivity contribution in [1.82, 2.24) is 0 Å². The van der Waals surface area contributed by atoms with Gasteiger partial charge in [-0.15, -0.1) is 0 Å². The molecular formula is C20H40O4. The van der Waals surface area contributed by atoms with Crippen LogP contribution < -0.4 is 0 Å². The van der Waals surface area contributed by atoms with Crippen LogP contribution in [0.4, 0.5) is 0 Å². The number of aliphatic carboxylic acids is 1. The number of carboxylic acids is 1. The van der Waals surface area contributed by atoms with Crippen LogP contribution in [0.1, 0.15) is 110 Å². The molecular weight excluding hydrogens is 304 g/mol. The van der Waals surface area contributed by atoms with Crippen molar-refractivity contribution in [2.75, 3.05) is 0 Å². The summed E-state index contributed by atoms with van der Waals surface area (Å²) in [4.78, 5) is 10.4. The molecule has 0 aromatic carbocycles. The maximum atomic E-state index is 10.4. The van der Waals surface area contributed by atoms with Gasteiger partial charge in [0.2, 0.25) is 0 Å². The molecule has 2 unspecified atom stereocenters. The van der Waals surface area contributed by atoms with Gasteiger partial charge >= 0.3 is 5.97 Å². The van der Waals surface area contributed by atoms with E-state index in [9.17, 15) is 15.0 Å². The van der Waals surface area contributed by atoms with Gasteiger partial charge in [-0.2, -0.15) is 0 Å². The van der Waals surface area contributed by atoms with E-state index < -0.39 is 18.2 Å². The minimum atomic E-state index is -0.691. The molecule has 0 bridgehead atoms. The molecule has 3 N–H and O–H groups in total. The van der Waals surface area contributed by atoms with E-state index in [1.54, 1.807) is 0 Å². The summed E-state index contributed by atoms with van der Waals surface area (Å²) in [6.45, 7) is 2.17. The van der Waals surface area contributed by atoms with Crippen LogP contribution in [0.25, 0.3) is 0 Å². The average Bonchev–Trinajstić information content (AvgIpc) is 2.55. The molecule has 0 fully saturated rings. The lowest BCUT2D eigenvalue weighted by molar-refractivity contribution is -0.137. The van der Waals surface area contributed by atoms with E-state index in [0.717, 1.165) is 51.4 Å². The molecule has 0 spiro atoms. The van der Waals surface area contributed by atoms with Crippen LogP contribution in [-0.4, -0.2) is 33.5 Å². The highest BCUT2D eigenvalue weighted by Crippen LogP contribution is 2.15. The van der Waals surface area contributed by atoms with Crippen LogP contribution in [-0.2, 0) is 4.79 Å². The van der Waals surface area contributed by atoms with Crippen molar-refractivity contribution < 1.29 is 20.1 Å². The molecule has 144 valence electrons. The van der Waals surface area contributed by atoms with Crippen molar-refractivity contribution in [3.63, 3.8) is 0 Å². The Morgan fingerprint density at radius 3 is 1.46 bits per heavy atom. The van der Waals surface area contributed by atoms with E-state index in [2.05, 4.69) is 6.92 Å². The Labute approximate surface area is 148 Å². The van der Waals surface area contributed by atoms with Crippen molar-refractivity contribution in [3.05, 3.63) is 0 Å². The Balaban J connectivity index is 3.29. The van der Waals surface area contributed by atoms with Crippen molar-refractivity contribution in [3.8, 4) is 0 Å². The first-order valence-electron chi connectivity index (χ1n) is 10.2. The topological polar surface area (TPSA) is 77.8 Å². The minimum Gasteiger partial charge on any atom is -0.481 e. The molecule has 0 aromatic heterocycles. The summed E-state index contributed by atoms with van der Waals surface area (Å²) in [6, 6.07) is 0. The normalized spacial score (nSPS) is 13.8. The first-order chi connectivity index (χ1) is 11.6. The monoisotopic (exact) mass is 344 g/mol. The highest BCUT2D eigenvalue weighted by atomic mass is 16.4. The summed E-state index contributed by atoms with van der Waals surface area (Å²) in [5.74, 6) is -0.691. The number of hydrogen-bond donors (Lipinski definition) is 3. The Morgan fingerprint density at radius 1 is 0.667 bits per heavy atom. The van der Waals surface area contributed by atoms with Gasteiger partial charge in [-0.1, -0.05) is 84.0 Å². The summed E-state index contributed by atoms with van der Waals surface area (Å²) >= 11 is 0. The molecule has 0 rings (SSSR count). The van der Waals surface area contributed by atoms with Gasteiger partial charge in [-0.05, 0) is 19.3 Å². The van der Waals surface area contributed by atoms with Gasteiger partial charge in [-0.25, -0.2) is 0 Å². The molecule has 2 atom stereocenters. The maximum Gasteiger partial charge on any atom is 0.303 e. The summed E-state index contributed by atoms with van der Waals surface area (Å²) in [6.07, 6.45) is 15.1. The lowest BCUT2D eigenvalue weighted by Gasteiger charge is -2.17. The van der Waals surface area contributed by atoms with Crippen molar-refractivity contribution in [1.29, 1.82) is 0 Å². The zero-order valence-corrected chi connectivity index (χ0v) is 15.7. The third-order valence-corrected chi connectivity index (χ3v) is 4.69. The van der Waals surface area contributed by atoms with Gasteiger partial charge in [0, 0.05) is 6.42 Å². The Bertz CT molecular complexity index is 281. The van der Waals surface area contributed by atoms with Gasteiger partial charge in [-0.3, -0.25) is 4.79 Å². The van der Waals surface area contributed by atoms with E-state index in [4.69, 9.17) is 5.11 Å². The van der Waals surface area contributed by atoms with E-state index >= 15 is 0 Å². The van der Waals surface area contributed by atoms with Crippen LogP contribution in [0.15, 0.2) is 0 Å². The molecule has 0 amide bonds. The highest BCUT2D eigenvalue weighted by Gasteiger charge is 2.14.